The van der Waals surface area contributed by atoms with Gasteiger partial charge in [0.1, 0.15) is 11.4 Å². The molecule has 0 radical (unpaired) electrons. The first-order valence-corrected chi connectivity index (χ1v) is 8.71. The standard InChI is InChI=1S/C20H19ClN4O2/c1-13-5-3-4-6-14(13)12-23-20-22-10-9-16(25-20)19(26)24-17-11-15(21)7-8-18(17)27-2/h3-11H,12H2,1-2H3,(H,24,26)(H,22,23,25). The molecule has 1 aromatic heterocycles. The van der Waals surface area contributed by atoms with Crippen molar-refractivity contribution in [3.8, 4) is 5.75 Å². The number of nitrogens with one attached hydrogen (secondary N) is 2. The van der Waals surface area contributed by atoms with E-state index >= 15 is 0 Å². The summed E-state index contributed by atoms with van der Waals surface area (Å²) in [6, 6.07) is 14.6. The molecule has 0 fully saturated rings. The van der Waals surface area contributed by atoms with Crippen molar-refractivity contribution in [3.05, 3.63) is 76.6 Å². The van der Waals surface area contributed by atoms with Gasteiger partial charge in [-0.2, -0.15) is 0 Å². The molecule has 1 heterocycles. The van der Waals surface area contributed by atoms with E-state index in [1.807, 2.05) is 31.2 Å². The molecular formula is C20H19ClN4O2. The summed E-state index contributed by atoms with van der Waals surface area (Å²) in [6.07, 6.45) is 1.54. The molecule has 0 spiro atoms. The highest BCUT2D eigenvalue weighted by molar-refractivity contribution is 6.31. The molecule has 3 aromatic rings. The van der Waals surface area contributed by atoms with Crippen LogP contribution >= 0.6 is 11.6 Å². The number of rotatable bonds is 6. The Morgan fingerprint density at radius 1 is 1.19 bits per heavy atom. The average molecular weight is 383 g/mol. The van der Waals surface area contributed by atoms with Crippen LogP contribution in [0.2, 0.25) is 5.02 Å². The van der Waals surface area contributed by atoms with E-state index in [4.69, 9.17) is 16.3 Å². The van der Waals surface area contributed by atoms with Crippen LogP contribution in [0.4, 0.5) is 11.6 Å². The molecule has 0 bridgehead atoms. The third-order valence-electron chi connectivity index (χ3n) is 4.00. The van der Waals surface area contributed by atoms with Crippen LogP contribution in [0.15, 0.2) is 54.7 Å². The Kier molecular flexibility index (Phi) is 5.88. The molecule has 2 N–H and O–H groups in total. The summed E-state index contributed by atoms with van der Waals surface area (Å²) in [5, 5.41) is 6.40. The maximum atomic E-state index is 12.5. The Labute approximate surface area is 162 Å². The SMILES string of the molecule is COc1ccc(Cl)cc1NC(=O)c1ccnc(NCc2ccccc2C)n1. The highest BCUT2D eigenvalue weighted by Gasteiger charge is 2.13. The smallest absolute Gasteiger partial charge is 0.274 e. The van der Waals surface area contributed by atoms with E-state index in [1.54, 1.807) is 24.3 Å². The van der Waals surface area contributed by atoms with Gasteiger partial charge < -0.3 is 15.4 Å². The van der Waals surface area contributed by atoms with E-state index in [-0.39, 0.29) is 11.6 Å². The Hall–Kier alpha value is -3.12. The second-order valence-electron chi connectivity index (χ2n) is 5.84. The summed E-state index contributed by atoms with van der Waals surface area (Å²) in [6.45, 7) is 2.61. The zero-order valence-electron chi connectivity index (χ0n) is 15.0. The normalized spacial score (nSPS) is 10.3. The number of ether oxygens (including phenoxy) is 1. The minimum absolute atomic E-state index is 0.235. The molecular weight excluding hydrogens is 364 g/mol. The van der Waals surface area contributed by atoms with E-state index in [9.17, 15) is 4.79 Å². The van der Waals surface area contributed by atoms with E-state index in [2.05, 4.69) is 20.6 Å². The molecule has 7 heteroatoms. The molecule has 6 nitrogen and oxygen atoms in total. The van der Waals surface area contributed by atoms with E-state index in [0.29, 0.717) is 29.0 Å². The lowest BCUT2D eigenvalue weighted by Crippen LogP contribution is -2.16. The maximum absolute atomic E-state index is 12.5. The van der Waals surface area contributed by atoms with Gasteiger partial charge >= 0.3 is 0 Å². The predicted molar refractivity (Wildman–Crippen MR) is 106 cm³/mol. The quantitative estimate of drug-likeness (QED) is 0.664. The number of halogens is 1. The van der Waals surface area contributed by atoms with Crippen molar-refractivity contribution in [1.82, 2.24) is 9.97 Å². The monoisotopic (exact) mass is 382 g/mol. The molecule has 1 amide bonds. The minimum atomic E-state index is -0.378. The van der Waals surface area contributed by atoms with Gasteiger partial charge in [0.2, 0.25) is 5.95 Å². The number of aromatic nitrogens is 2. The molecule has 0 saturated carbocycles. The lowest BCUT2D eigenvalue weighted by Gasteiger charge is -2.11. The van der Waals surface area contributed by atoms with Gasteiger partial charge in [0, 0.05) is 17.8 Å². The average Bonchev–Trinajstić information content (AvgIpc) is 2.68. The molecule has 0 aliphatic carbocycles. The van der Waals surface area contributed by atoms with Crippen LogP contribution < -0.4 is 15.4 Å². The van der Waals surface area contributed by atoms with Gasteiger partial charge in [-0.3, -0.25) is 4.79 Å². The lowest BCUT2D eigenvalue weighted by atomic mass is 10.1. The summed E-state index contributed by atoms with van der Waals surface area (Å²) in [5.41, 5.74) is 3.02. The summed E-state index contributed by atoms with van der Waals surface area (Å²) in [7, 11) is 1.52. The number of carbonyl (C=O) groups is 1. The molecule has 27 heavy (non-hydrogen) atoms. The van der Waals surface area contributed by atoms with Crippen LogP contribution in [0.5, 0.6) is 5.75 Å². The summed E-state index contributed by atoms with van der Waals surface area (Å²) in [4.78, 5) is 21.0. The second kappa shape index (κ2) is 8.51. The topological polar surface area (TPSA) is 76.1 Å². The Bertz CT molecular complexity index is 962. The molecule has 0 atom stereocenters. The molecule has 138 valence electrons. The van der Waals surface area contributed by atoms with Crippen LogP contribution in [0.1, 0.15) is 21.6 Å². The van der Waals surface area contributed by atoms with Crippen molar-refractivity contribution in [2.75, 3.05) is 17.7 Å². The highest BCUT2D eigenvalue weighted by Crippen LogP contribution is 2.28. The number of hydrogen-bond donors (Lipinski definition) is 2. The molecule has 3 rings (SSSR count). The number of amides is 1. The second-order valence-corrected chi connectivity index (χ2v) is 6.28. The zero-order valence-corrected chi connectivity index (χ0v) is 15.7. The Morgan fingerprint density at radius 3 is 2.78 bits per heavy atom. The largest absolute Gasteiger partial charge is 0.495 e. The number of benzene rings is 2. The van der Waals surface area contributed by atoms with Crippen LogP contribution in [-0.2, 0) is 6.54 Å². The molecule has 0 aliphatic heterocycles. The van der Waals surface area contributed by atoms with Crippen LogP contribution in [0.3, 0.4) is 0 Å². The number of anilines is 2. The number of hydrogen-bond acceptors (Lipinski definition) is 5. The molecule has 0 saturated heterocycles. The third-order valence-corrected chi connectivity index (χ3v) is 4.23. The summed E-state index contributed by atoms with van der Waals surface area (Å²) >= 11 is 6.00. The van der Waals surface area contributed by atoms with Crippen molar-refractivity contribution < 1.29 is 9.53 Å². The van der Waals surface area contributed by atoms with Gasteiger partial charge in [-0.05, 0) is 42.3 Å². The Morgan fingerprint density at radius 2 is 2.00 bits per heavy atom. The fourth-order valence-corrected chi connectivity index (χ4v) is 2.69. The van der Waals surface area contributed by atoms with Crippen molar-refractivity contribution in [3.63, 3.8) is 0 Å². The van der Waals surface area contributed by atoms with Gasteiger partial charge in [0.15, 0.2) is 0 Å². The Balaban J connectivity index is 1.72. The van der Waals surface area contributed by atoms with Crippen LogP contribution in [0.25, 0.3) is 0 Å². The van der Waals surface area contributed by atoms with Gasteiger partial charge in [0.05, 0.1) is 12.8 Å². The van der Waals surface area contributed by atoms with E-state index in [0.717, 1.165) is 5.56 Å². The maximum Gasteiger partial charge on any atom is 0.274 e. The van der Waals surface area contributed by atoms with Gasteiger partial charge in [-0.1, -0.05) is 35.9 Å². The van der Waals surface area contributed by atoms with Crippen molar-refractivity contribution >= 4 is 29.1 Å². The number of methoxy groups -OCH3 is 1. The lowest BCUT2D eigenvalue weighted by molar-refractivity contribution is 0.102. The van der Waals surface area contributed by atoms with E-state index < -0.39 is 0 Å². The predicted octanol–water partition coefficient (Wildman–Crippen LogP) is 4.31. The fourth-order valence-electron chi connectivity index (χ4n) is 2.52. The fraction of sp³-hybridized carbons (Fsp3) is 0.150. The molecule has 0 aliphatic rings. The minimum Gasteiger partial charge on any atom is -0.495 e. The van der Waals surface area contributed by atoms with Gasteiger partial charge in [-0.25, -0.2) is 9.97 Å². The summed E-state index contributed by atoms with van der Waals surface area (Å²) < 4.78 is 5.24. The van der Waals surface area contributed by atoms with Crippen LogP contribution in [-0.4, -0.2) is 23.0 Å². The first kappa shape index (κ1) is 18.7. The first-order valence-electron chi connectivity index (χ1n) is 8.33. The number of nitrogens with zero attached hydrogens (tertiary/aromatic N) is 2. The number of carbonyl (C=O) groups excluding carboxylic acids is 1. The van der Waals surface area contributed by atoms with Crippen molar-refractivity contribution in [1.29, 1.82) is 0 Å². The first-order chi connectivity index (χ1) is 13.1. The van der Waals surface area contributed by atoms with Gasteiger partial charge in [-0.15, -0.1) is 0 Å². The molecule has 0 unspecified atom stereocenters. The summed E-state index contributed by atoms with van der Waals surface area (Å²) in [5.74, 6) is 0.514. The molecule has 2 aromatic carbocycles. The zero-order chi connectivity index (χ0) is 19.2. The number of aryl methyl sites for hydroxylation is 1. The van der Waals surface area contributed by atoms with Crippen LogP contribution in [0, 0.1) is 6.92 Å². The van der Waals surface area contributed by atoms with Crippen molar-refractivity contribution in [2.45, 2.75) is 13.5 Å². The van der Waals surface area contributed by atoms with Crippen molar-refractivity contribution in [2.24, 2.45) is 0 Å². The van der Waals surface area contributed by atoms with E-state index in [1.165, 1.54) is 18.9 Å². The highest BCUT2D eigenvalue weighted by atomic mass is 35.5. The van der Waals surface area contributed by atoms with Gasteiger partial charge in [0.25, 0.3) is 5.91 Å². The third kappa shape index (κ3) is 4.74.